The zero-order chi connectivity index (χ0) is 19.3. The van der Waals surface area contributed by atoms with Gasteiger partial charge in [0.15, 0.2) is 0 Å². The van der Waals surface area contributed by atoms with Gasteiger partial charge in [0.1, 0.15) is 5.82 Å². The quantitative estimate of drug-likeness (QED) is 0.614. The van der Waals surface area contributed by atoms with Crippen LogP contribution in [0.1, 0.15) is 37.1 Å². The maximum Gasteiger partial charge on any atom is 0.229 e. The molecule has 0 amide bonds. The molecule has 0 aliphatic carbocycles. The molecule has 1 aliphatic rings. The van der Waals surface area contributed by atoms with Crippen LogP contribution in [0, 0.1) is 6.92 Å². The number of hydrogen-bond acceptors (Lipinski definition) is 5. The second-order valence-corrected chi connectivity index (χ2v) is 7.36. The molecule has 28 heavy (non-hydrogen) atoms. The third-order valence-electron chi connectivity index (χ3n) is 5.11. The summed E-state index contributed by atoms with van der Waals surface area (Å²) in [4.78, 5) is 11.6. The van der Waals surface area contributed by atoms with Gasteiger partial charge in [-0.1, -0.05) is 30.3 Å². The zero-order valence-corrected chi connectivity index (χ0v) is 16.5. The van der Waals surface area contributed by atoms with Crippen LogP contribution in [0.15, 0.2) is 60.7 Å². The Morgan fingerprint density at radius 1 is 0.929 bits per heavy atom. The summed E-state index contributed by atoms with van der Waals surface area (Å²) in [7, 11) is 0. The molecule has 4 rings (SSSR count). The molecular formula is C23H27N5. The summed E-state index contributed by atoms with van der Waals surface area (Å²) in [5.74, 6) is 1.43. The second-order valence-electron chi connectivity index (χ2n) is 7.36. The molecule has 1 unspecified atom stereocenters. The van der Waals surface area contributed by atoms with Gasteiger partial charge in [0.25, 0.3) is 0 Å². The molecule has 5 nitrogen and oxygen atoms in total. The highest BCUT2D eigenvalue weighted by Crippen LogP contribution is 2.24. The van der Waals surface area contributed by atoms with Crippen molar-refractivity contribution in [3.8, 4) is 0 Å². The van der Waals surface area contributed by atoms with Crippen molar-refractivity contribution in [2.75, 3.05) is 28.6 Å². The fourth-order valence-corrected chi connectivity index (χ4v) is 3.61. The SMILES string of the molecule is Cc1cc(NC(C)c2ccccc2)nc(Nc2ccc(N3CCCC3)cc2)n1. The standard InChI is InChI=1S/C23H27N5/c1-17-16-22(25-18(2)19-8-4-3-5-9-19)27-23(24-17)26-20-10-12-21(13-11-20)28-14-6-7-15-28/h3-5,8-13,16,18H,6-7,14-15H2,1-2H3,(H2,24,25,26,27). The van der Waals surface area contributed by atoms with Gasteiger partial charge in [0, 0.05) is 42.3 Å². The average Bonchev–Trinajstić information content (AvgIpc) is 3.23. The van der Waals surface area contributed by atoms with Crippen molar-refractivity contribution in [2.24, 2.45) is 0 Å². The largest absolute Gasteiger partial charge is 0.372 e. The minimum atomic E-state index is 0.170. The van der Waals surface area contributed by atoms with Crippen molar-refractivity contribution < 1.29 is 0 Å². The molecule has 1 aliphatic heterocycles. The van der Waals surface area contributed by atoms with Crippen LogP contribution < -0.4 is 15.5 Å². The van der Waals surface area contributed by atoms with Gasteiger partial charge < -0.3 is 15.5 Å². The number of benzene rings is 2. The summed E-state index contributed by atoms with van der Waals surface area (Å²) in [6.45, 7) is 6.43. The Morgan fingerprint density at radius 3 is 2.36 bits per heavy atom. The van der Waals surface area contributed by atoms with Crippen molar-refractivity contribution >= 4 is 23.1 Å². The number of aryl methyl sites for hydroxylation is 1. The first-order valence-corrected chi connectivity index (χ1v) is 9.96. The van der Waals surface area contributed by atoms with E-state index in [4.69, 9.17) is 0 Å². The van der Waals surface area contributed by atoms with E-state index < -0.39 is 0 Å². The lowest BCUT2D eigenvalue weighted by Crippen LogP contribution is -2.17. The van der Waals surface area contributed by atoms with Crippen LogP contribution in [0.3, 0.4) is 0 Å². The van der Waals surface area contributed by atoms with Gasteiger partial charge in [-0.2, -0.15) is 4.98 Å². The summed E-state index contributed by atoms with van der Waals surface area (Å²) in [6.07, 6.45) is 2.57. The lowest BCUT2D eigenvalue weighted by molar-refractivity contribution is 0.871. The monoisotopic (exact) mass is 373 g/mol. The van der Waals surface area contributed by atoms with E-state index >= 15 is 0 Å². The molecule has 0 bridgehead atoms. The summed E-state index contributed by atoms with van der Waals surface area (Å²) in [5.41, 5.74) is 4.43. The van der Waals surface area contributed by atoms with Gasteiger partial charge in [-0.25, -0.2) is 4.98 Å². The number of anilines is 4. The lowest BCUT2D eigenvalue weighted by Gasteiger charge is -2.18. The maximum absolute atomic E-state index is 4.65. The van der Waals surface area contributed by atoms with Gasteiger partial charge in [0.05, 0.1) is 0 Å². The molecule has 0 spiro atoms. The lowest BCUT2D eigenvalue weighted by atomic mass is 10.1. The van der Waals surface area contributed by atoms with Crippen molar-refractivity contribution in [3.63, 3.8) is 0 Å². The molecular weight excluding hydrogens is 346 g/mol. The van der Waals surface area contributed by atoms with E-state index in [1.54, 1.807) is 0 Å². The molecule has 0 saturated carbocycles. The summed E-state index contributed by atoms with van der Waals surface area (Å²) in [6, 6.07) is 21.0. The Hall–Kier alpha value is -3.08. The average molecular weight is 374 g/mol. The Balaban J connectivity index is 1.46. The molecule has 1 saturated heterocycles. The van der Waals surface area contributed by atoms with Gasteiger partial charge in [-0.3, -0.25) is 0 Å². The highest BCUT2D eigenvalue weighted by Gasteiger charge is 2.12. The predicted octanol–water partition coefficient (Wildman–Crippen LogP) is 5.30. The van der Waals surface area contributed by atoms with E-state index in [1.165, 1.54) is 24.1 Å². The van der Waals surface area contributed by atoms with Crippen LogP contribution in [0.2, 0.25) is 0 Å². The number of hydrogen-bond donors (Lipinski definition) is 2. The first-order valence-electron chi connectivity index (χ1n) is 9.96. The smallest absolute Gasteiger partial charge is 0.229 e. The fourth-order valence-electron chi connectivity index (χ4n) is 3.61. The highest BCUT2D eigenvalue weighted by molar-refractivity contribution is 5.60. The molecule has 1 fully saturated rings. The predicted molar refractivity (Wildman–Crippen MR) is 116 cm³/mol. The van der Waals surface area contributed by atoms with Crippen LogP contribution >= 0.6 is 0 Å². The zero-order valence-electron chi connectivity index (χ0n) is 16.5. The van der Waals surface area contributed by atoms with E-state index in [2.05, 4.69) is 81.0 Å². The van der Waals surface area contributed by atoms with E-state index in [-0.39, 0.29) is 6.04 Å². The molecule has 144 valence electrons. The topological polar surface area (TPSA) is 53.1 Å². The van der Waals surface area contributed by atoms with Crippen LogP contribution in [0.25, 0.3) is 0 Å². The number of rotatable bonds is 6. The molecule has 0 radical (unpaired) electrons. The van der Waals surface area contributed by atoms with Crippen LogP contribution in [-0.2, 0) is 0 Å². The Morgan fingerprint density at radius 2 is 1.64 bits per heavy atom. The van der Waals surface area contributed by atoms with E-state index in [0.717, 1.165) is 30.3 Å². The first-order chi connectivity index (χ1) is 13.7. The van der Waals surface area contributed by atoms with E-state index in [0.29, 0.717) is 5.95 Å². The Bertz CT molecular complexity index is 902. The summed E-state index contributed by atoms with van der Waals surface area (Å²) >= 11 is 0. The van der Waals surface area contributed by atoms with Gasteiger partial charge in [-0.05, 0) is 56.5 Å². The molecule has 2 heterocycles. The van der Waals surface area contributed by atoms with Crippen LogP contribution in [0.5, 0.6) is 0 Å². The van der Waals surface area contributed by atoms with Crippen LogP contribution in [0.4, 0.5) is 23.1 Å². The highest BCUT2D eigenvalue weighted by atomic mass is 15.2. The van der Waals surface area contributed by atoms with E-state index in [9.17, 15) is 0 Å². The fraction of sp³-hybridized carbons (Fsp3) is 0.304. The second kappa shape index (κ2) is 8.30. The van der Waals surface area contributed by atoms with Crippen LogP contribution in [-0.4, -0.2) is 23.1 Å². The van der Waals surface area contributed by atoms with Crippen molar-refractivity contribution in [2.45, 2.75) is 32.7 Å². The molecule has 5 heteroatoms. The molecule has 3 aromatic rings. The van der Waals surface area contributed by atoms with Crippen molar-refractivity contribution in [3.05, 3.63) is 71.9 Å². The molecule has 1 atom stereocenters. The van der Waals surface area contributed by atoms with Gasteiger partial charge in [0.2, 0.25) is 5.95 Å². The maximum atomic E-state index is 4.65. The summed E-state index contributed by atoms with van der Waals surface area (Å²) in [5, 5.41) is 6.81. The molecule has 1 aromatic heterocycles. The first kappa shape index (κ1) is 18.3. The van der Waals surface area contributed by atoms with E-state index in [1.807, 2.05) is 19.1 Å². The third kappa shape index (κ3) is 4.42. The number of nitrogens with one attached hydrogen (secondary N) is 2. The summed E-state index contributed by atoms with van der Waals surface area (Å²) < 4.78 is 0. The third-order valence-corrected chi connectivity index (χ3v) is 5.11. The van der Waals surface area contributed by atoms with Crippen molar-refractivity contribution in [1.29, 1.82) is 0 Å². The van der Waals surface area contributed by atoms with Gasteiger partial charge >= 0.3 is 0 Å². The number of aromatic nitrogens is 2. The normalized spacial score (nSPS) is 14.7. The van der Waals surface area contributed by atoms with Crippen molar-refractivity contribution in [1.82, 2.24) is 9.97 Å². The minimum Gasteiger partial charge on any atom is -0.372 e. The van der Waals surface area contributed by atoms with Gasteiger partial charge in [-0.15, -0.1) is 0 Å². The molecule has 2 N–H and O–H groups in total. The Kier molecular flexibility index (Phi) is 5.42. The molecule has 2 aromatic carbocycles. The number of nitrogens with zero attached hydrogens (tertiary/aromatic N) is 3. The minimum absolute atomic E-state index is 0.170. The Labute approximate surface area is 166 Å².